The molecule has 2 aromatic carbocycles. The number of aromatic hydroxyl groups is 1. The van der Waals surface area contributed by atoms with Gasteiger partial charge >= 0.3 is 0 Å². The minimum atomic E-state index is 0.481. The van der Waals surface area contributed by atoms with Crippen LogP contribution in [0.1, 0.15) is 54.7 Å². The Bertz CT molecular complexity index is 568. The third-order valence-corrected chi connectivity index (χ3v) is 4.74. The smallest absolute Gasteiger partial charge is 0.119 e. The van der Waals surface area contributed by atoms with E-state index >= 15 is 0 Å². The molecule has 1 heteroatoms. The summed E-state index contributed by atoms with van der Waals surface area (Å²) >= 11 is 0. The minimum absolute atomic E-state index is 0.481. The standard InChI is InChI=1S/C20H24O/c21-20-13-7-12-18(17-10-5-2-6-11-17)19(20)15-14-16-8-3-1-4-9-16/h1,3-4,7-9,12-13,17,21H,2,5-6,10-11,14-15H2. The molecule has 0 amide bonds. The van der Waals surface area contributed by atoms with Gasteiger partial charge in [-0.25, -0.2) is 0 Å². The molecule has 1 saturated carbocycles. The van der Waals surface area contributed by atoms with Gasteiger partial charge < -0.3 is 5.11 Å². The zero-order valence-corrected chi connectivity index (χ0v) is 12.6. The summed E-state index contributed by atoms with van der Waals surface area (Å²) < 4.78 is 0. The van der Waals surface area contributed by atoms with Crippen LogP contribution in [0, 0.1) is 0 Å². The highest BCUT2D eigenvalue weighted by Crippen LogP contribution is 2.37. The van der Waals surface area contributed by atoms with Gasteiger partial charge in [0.15, 0.2) is 0 Å². The molecular formula is C20H24O. The fraction of sp³-hybridized carbons (Fsp3) is 0.400. The molecular weight excluding hydrogens is 256 g/mol. The van der Waals surface area contributed by atoms with Crippen molar-refractivity contribution >= 4 is 0 Å². The molecule has 0 atom stereocenters. The molecule has 3 rings (SSSR count). The summed E-state index contributed by atoms with van der Waals surface area (Å²) in [6, 6.07) is 16.6. The van der Waals surface area contributed by atoms with E-state index < -0.39 is 0 Å². The summed E-state index contributed by atoms with van der Waals surface area (Å²) in [5, 5.41) is 10.3. The van der Waals surface area contributed by atoms with Crippen molar-refractivity contribution in [3.05, 3.63) is 65.2 Å². The van der Waals surface area contributed by atoms with Crippen molar-refractivity contribution in [1.29, 1.82) is 0 Å². The number of rotatable bonds is 4. The van der Waals surface area contributed by atoms with Crippen LogP contribution in [-0.4, -0.2) is 5.11 Å². The summed E-state index contributed by atoms with van der Waals surface area (Å²) in [5.41, 5.74) is 3.91. The van der Waals surface area contributed by atoms with Crippen molar-refractivity contribution in [1.82, 2.24) is 0 Å². The number of hydrogen-bond donors (Lipinski definition) is 1. The highest BCUT2D eigenvalue weighted by atomic mass is 16.3. The molecule has 0 aromatic heterocycles. The maximum atomic E-state index is 10.3. The van der Waals surface area contributed by atoms with Crippen LogP contribution in [0.3, 0.4) is 0 Å². The predicted molar refractivity (Wildman–Crippen MR) is 87.8 cm³/mol. The summed E-state index contributed by atoms with van der Waals surface area (Å²) in [6.45, 7) is 0. The van der Waals surface area contributed by atoms with E-state index in [2.05, 4.69) is 36.4 Å². The molecule has 1 fully saturated rings. The van der Waals surface area contributed by atoms with Crippen LogP contribution in [0.15, 0.2) is 48.5 Å². The fourth-order valence-corrected chi connectivity index (χ4v) is 3.57. The average molecular weight is 280 g/mol. The molecule has 1 aliphatic carbocycles. The highest BCUT2D eigenvalue weighted by Gasteiger charge is 2.19. The number of benzene rings is 2. The maximum absolute atomic E-state index is 10.3. The third-order valence-electron chi connectivity index (χ3n) is 4.74. The van der Waals surface area contributed by atoms with Crippen molar-refractivity contribution in [2.75, 3.05) is 0 Å². The highest BCUT2D eigenvalue weighted by molar-refractivity contribution is 5.42. The Morgan fingerprint density at radius 1 is 0.810 bits per heavy atom. The van der Waals surface area contributed by atoms with Crippen LogP contribution < -0.4 is 0 Å². The number of hydrogen-bond acceptors (Lipinski definition) is 1. The van der Waals surface area contributed by atoms with Gasteiger partial charge in [0, 0.05) is 0 Å². The van der Waals surface area contributed by atoms with Gasteiger partial charge in [-0.2, -0.15) is 0 Å². The van der Waals surface area contributed by atoms with E-state index in [1.165, 1.54) is 48.8 Å². The van der Waals surface area contributed by atoms with E-state index in [1.807, 2.05) is 12.1 Å². The van der Waals surface area contributed by atoms with Gasteiger partial charge in [-0.15, -0.1) is 0 Å². The first-order chi connectivity index (χ1) is 10.3. The number of aryl methyl sites for hydroxylation is 1. The average Bonchev–Trinajstić information content (AvgIpc) is 2.55. The normalized spacial score (nSPS) is 16.0. The van der Waals surface area contributed by atoms with Crippen molar-refractivity contribution in [3.63, 3.8) is 0 Å². The van der Waals surface area contributed by atoms with E-state index in [4.69, 9.17) is 0 Å². The molecule has 0 aliphatic heterocycles. The molecule has 0 radical (unpaired) electrons. The lowest BCUT2D eigenvalue weighted by Crippen LogP contribution is -2.08. The largest absolute Gasteiger partial charge is 0.508 e. The molecule has 0 unspecified atom stereocenters. The van der Waals surface area contributed by atoms with E-state index in [-0.39, 0.29) is 0 Å². The first kappa shape index (κ1) is 14.2. The Kier molecular flexibility index (Phi) is 4.59. The van der Waals surface area contributed by atoms with Crippen LogP contribution in [0.2, 0.25) is 0 Å². The molecule has 1 nitrogen and oxygen atoms in total. The molecule has 0 spiro atoms. The quantitative estimate of drug-likeness (QED) is 0.813. The van der Waals surface area contributed by atoms with Gasteiger partial charge in [0.05, 0.1) is 0 Å². The zero-order chi connectivity index (χ0) is 14.5. The lowest BCUT2D eigenvalue weighted by atomic mass is 9.81. The SMILES string of the molecule is Oc1cccc(C2CCCCC2)c1CCc1ccccc1. The van der Waals surface area contributed by atoms with E-state index in [9.17, 15) is 5.11 Å². The van der Waals surface area contributed by atoms with Crippen LogP contribution >= 0.6 is 0 Å². The monoisotopic (exact) mass is 280 g/mol. The van der Waals surface area contributed by atoms with Crippen LogP contribution in [0.4, 0.5) is 0 Å². The van der Waals surface area contributed by atoms with Gasteiger partial charge in [0.2, 0.25) is 0 Å². The summed E-state index contributed by atoms with van der Waals surface area (Å²) in [7, 11) is 0. The lowest BCUT2D eigenvalue weighted by Gasteiger charge is -2.25. The number of phenolic OH excluding ortho intramolecular Hbond substituents is 1. The Morgan fingerprint density at radius 2 is 1.57 bits per heavy atom. The summed E-state index contributed by atoms with van der Waals surface area (Å²) in [6.07, 6.45) is 8.52. The maximum Gasteiger partial charge on any atom is 0.119 e. The van der Waals surface area contributed by atoms with E-state index in [1.54, 1.807) is 0 Å². The summed E-state index contributed by atoms with van der Waals surface area (Å²) in [5.74, 6) is 1.13. The summed E-state index contributed by atoms with van der Waals surface area (Å²) in [4.78, 5) is 0. The molecule has 2 aromatic rings. The molecule has 110 valence electrons. The second-order valence-electron chi connectivity index (χ2n) is 6.17. The van der Waals surface area contributed by atoms with Gasteiger partial charge in [0.25, 0.3) is 0 Å². The molecule has 1 N–H and O–H groups in total. The Labute approximate surface area is 127 Å². The van der Waals surface area contributed by atoms with Crippen molar-refractivity contribution < 1.29 is 5.11 Å². The van der Waals surface area contributed by atoms with Gasteiger partial charge in [-0.3, -0.25) is 0 Å². The first-order valence-electron chi connectivity index (χ1n) is 8.19. The number of phenols is 1. The Hall–Kier alpha value is -1.76. The molecule has 21 heavy (non-hydrogen) atoms. The van der Waals surface area contributed by atoms with E-state index in [0.717, 1.165) is 12.8 Å². The van der Waals surface area contributed by atoms with Crippen LogP contribution in [0.5, 0.6) is 5.75 Å². The molecule has 0 bridgehead atoms. The second-order valence-corrected chi connectivity index (χ2v) is 6.17. The lowest BCUT2D eigenvalue weighted by molar-refractivity contribution is 0.432. The van der Waals surface area contributed by atoms with Crippen LogP contribution in [0.25, 0.3) is 0 Å². The Balaban J connectivity index is 1.79. The zero-order valence-electron chi connectivity index (χ0n) is 12.6. The van der Waals surface area contributed by atoms with Crippen molar-refractivity contribution in [2.24, 2.45) is 0 Å². The first-order valence-corrected chi connectivity index (χ1v) is 8.19. The molecule has 1 aliphatic rings. The predicted octanol–water partition coefficient (Wildman–Crippen LogP) is 5.23. The Morgan fingerprint density at radius 3 is 2.33 bits per heavy atom. The second kappa shape index (κ2) is 6.80. The third kappa shape index (κ3) is 3.47. The molecule has 0 heterocycles. The van der Waals surface area contributed by atoms with Crippen molar-refractivity contribution in [2.45, 2.75) is 50.9 Å². The van der Waals surface area contributed by atoms with Gasteiger partial charge in [-0.1, -0.05) is 61.7 Å². The van der Waals surface area contributed by atoms with Crippen molar-refractivity contribution in [3.8, 4) is 5.75 Å². The van der Waals surface area contributed by atoms with Crippen LogP contribution in [-0.2, 0) is 12.8 Å². The fourth-order valence-electron chi connectivity index (χ4n) is 3.57. The molecule has 0 saturated heterocycles. The topological polar surface area (TPSA) is 20.2 Å². The van der Waals surface area contributed by atoms with E-state index in [0.29, 0.717) is 11.7 Å². The van der Waals surface area contributed by atoms with Gasteiger partial charge in [-0.05, 0) is 54.4 Å². The minimum Gasteiger partial charge on any atom is -0.508 e. The van der Waals surface area contributed by atoms with Gasteiger partial charge in [0.1, 0.15) is 5.75 Å².